The highest BCUT2D eigenvalue weighted by molar-refractivity contribution is 5.90. The zero-order valence-electron chi connectivity index (χ0n) is 14.5. The lowest BCUT2D eigenvalue weighted by atomic mass is 10.2. The molecule has 2 fully saturated rings. The first-order valence-electron chi connectivity index (χ1n) is 8.86. The van der Waals surface area contributed by atoms with Crippen LogP contribution in [0, 0.1) is 0 Å². The molecule has 0 bridgehead atoms. The predicted octanol–water partition coefficient (Wildman–Crippen LogP) is 1.60. The standard InChI is InChI=1S/C18H23F2N3O3/c19-18(20)26-15-5-2-1-4-13(15)12-22-8-3-9-23(11-10-22)17(25)14-6-7-16(24)21-14/h1-2,4-5,14,18H,3,6-12H2,(H,21,24). The van der Waals surface area contributed by atoms with E-state index in [2.05, 4.69) is 15.0 Å². The Labute approximate surface area is 151 Å². The summed E-state index contributed by atoms with van der Waals surface area (Å²) in [5.41, 5.74) is 0.704. The largest absolute Gasteiger partial charge is 0.434 e. The molecule has 0 spiro atoms. The number of nitrogens with one attached hydrogen (secondary N) is 1. The highest BCUT2D eigenvalue weighted by Gasteiger charge is 2.31. The van der Waals surface area contributed by atoms with Gasteiger partial charge in [0, 0.05) is 44.7 Å². The van der Waals surface area contributed by atoms with Crippen molar-refractivity contribution in [3.8, 4) is 5.75 Å². The van der Waals surface area contributed by atoms with E-state index < -0.39 is 12.7 Å². The number of nitrogens with zero attached hydrogens (tertiary/aromatic N) is 2. The van der Waals surface area contributed by atoms with Crippen LogP contribution in [0.25, 0.3) is 0 Å². The van der Waals surface area contributed by atoms with Crippen LogP contribution in [0.4, 0.5) is 8.78 Å². The fourth-order valence-corrected chi connectivity index (χ4v) is 3.46. The third-order valence-corrected chi connectivity index (χ3v) is 4.78. The van der Waals surface area contributed by atoms with Crippen molar-refractivity contribution in [3.63, 3.8) is 0 Å². The van der Waals surface area contributed by atoms with Gasteiger partial charge in [0.15, 0.2) is 0 Å². The molecule has 142 valence electrons. The normalized spacial score (nSPS) is 21.6. The van der Waals surface area contributed by atoms with Gasteiger partial charge in [0.25, 0.3) is 0 Å². The van der Waals surface area contributed by atoms with Crippen LogP contribution in [0.15, 0.2) is 24.3 Å². The molecule has 0 aromatic heterocycles. The summed E-state index contributed by atoms with van der Waals surface area (Å²) in [4.78, 5) is 27.8. The molecule has 0 saturated carbocycles. The molecule has 3 rings (SSSR count). The van der Waals surface area contributed by atoms with Crippen LogP contribution < -0.4 is 10.1 Å². The van der Waals surface area contributed by atoms with Gasteiger partial charge >= 0.3 is 6.61 Å². The van der Waals surface area contributed by atoms with E-state index in [0.29, 0.717) is 44.6 Å². The SMILES string of the molecule is O=C1CCC(C(=O)N2CCCN(Cc3ccccc3OC(F)F)CC2)N1. The molecule has 26 heavy (non-hydrogen) atoms. The van der Waals surface area contributed by atoms with Crippen molar-refractivity contribution in [2.24, 2.45) is 0 Å². The number of ether oxygens (including phenoxy) is 1. The number of benzene rings is 1. The Morgan fingerprint density at radius 2 is 2.04 bits per heavy atom. The number of amides is 2. The van der Waals surface area contributed by atoms with Gasteiger partial charge in [-0.1, -0.05) is 18.2 Å². The quantitative estimate of drug-likeness (QED) is 0.859. The summed E-state index contributed by atoms with van der Waals surface area (Å²) in [5.74, 6) is 0.0860. The first-order chi connectivity index (χ1) is 12.5. The van der Waals surface area contributed by atoms with E-state index in [1.54, 1.807) is 23.1 Å². The first kappa shape index (κ1) is 18.6. The Hall–Kier alpha value is -2.22. The van der Waals surface area contributed by atoms with Crippen LogP contribution >= 0.6 is 0 Å². The van der Waals surface area contributed by atoms with Crippen LogP contribution in [-0.2, 0) is 16.1 Å². The van der Waals surface area contributed by atoms with Crippen LogP contribution in [0.3, 0.4) is 0 Å². The van der Waals surface area contributed by atoms with Crippen molar-refractivity contribution < 1.29 is 23.1 Å². The van der Waals surface area contributed by atoms with Crippen molar-refractivity contribution in [2.75, 3.05) is 26.2 Å². The summed E-state index contributed by atoms with van der Waals surface area (Å²) in [7, 11) is 0. The smallest absolute Gasteiger partial charge is 0.387 e. The molecule has 1 unspecified atom stereocenters. The van der Waals surface area contributed by atoms with Crippen molar-refractivity contribution in [1.29, 1.82) is 0 Å². The number of hydrogen-bond acceptors (Lipinski definition) is 4. The number of rotatable bonds is 5. The lowest BCUT2D eigenvalue weighted by Gasteiger charge is -2.24. The summed E-state index contributed by atoms with van der Waals surface area (Å²) in [6.45, 7) is 0.250. The molecule has 2 heterocycles. The summed E-state index contributed by atoms with van der Waals surface area (Å²) >= 11 is 0. The number of hydrogen-bond donors (Lipinski definition) is 1. The zero-order valence-corrected chi connectivity index (χ0v) is 14.5. The van der Waals surface area contributed by atoms with E-state index in [1.165, 1.54) is 6.07 Å². The van der Waals surface area contributed by atoms with Crippen molar-refractivity contribution in [3.05, 3.63) is 29.8 Å². The number of halogens is 2. The van der Waals surface area contributed by atoms with Crippen molar-refractivity contribution in [2.45, 2.75) is 38.5 Å². The number of carbonyl (C=O) groups excluding carboxylic acids is 2. The maximum Gasteiger partial charge on any atom is 0.387 e. The lowest BCUT2D eigenvalue weighted by molar-refractivity contribution is -0.134. The van der Waals surface area contributed by atoms with Gasteiger partial charge in [0.05, 0.1) is 0 Å². The Morgan fingerprint density at radius 1 is 1.23 bits per heavy atom. The molecule has 2 amide bonds. The molecular formula is C18H23F2N3O3. The maximum absolute atomic E-state index is 12.5. The second kappa shape index (κ2) is 8.44. The van der Waals surface area contributed by atoms with Gasteiger partial charge in [0.2, 0.25) is 11.8 Å². The monoisotopic (exact) mass is 367 g/mol. The van der Waals surface area contributed by atoms with E-state index in [9.17, 15) is 18.4 Å². The number of para-hydroxylation sites is 1. The van der Waals surface area contributed by atoms with Crippen LogP contribution in [0.5, 0.6) is 5.75 Å². The minimum atomic E-state index is -2.85. The fourth-order valence-electron chi connectivity index (χ4n) is 3.46. The van der Waals surface area contributed by atoms with E-state index in [0.717, 1.165) is 13.0 Å². The molecule has 1 atom stereocenters. The van der Waals surface area contributed by atoms with Gasteiger partial charge < -0.3 is 15.0 Å². The molecule has 1 aromatic rings. The van der Waals surface area contributed by atoms with Crippen LogP contribution in [0.1, 0.15) is 24.8 Å². The third kappa shape index (κ3) is 4.69. The van der Waals surface area contributed by atoms with E-state index in [4.69, 9.17) is 0 Å². The molecule has 1 aromatic carbocycles. The Kier molecular flexibility index (Phi) is 6.03. The second-order valence-electron chi connectivity index (χ2n) is 6.60. The van der Waals surface area contributed by atoms with E-state index >= 15 is 0 Å². The highest BCUT2D eigenvalue weighted by atomic mass is 19.3. The van der Waals surface area contributed by atoms with E-state index in [-0.39, 0.29) is 17.6 Å². The zero-order chi connectivity index (χ0) is 18.5. The predicted molar refractivity (Wildman–Crippen MR) is 90.7 cm³/mol. The van der Waals surface area contributed by atoms with E-state index in [1.807, 2.05) is 0 Å². The molecule has 6 nitrogen and oxygen atoms in total. The molecule has 1 N–H and O–H groups in total. The number of carbonyl (C=O) groups is 2. The van der Waals surface area contributed by atoms with Gasteiger partial charge in [-0.15, -0.1) is 0 Å². The summed E-state index contributed by atoms with van der Waals surface area (Å²) in [5, 5.41) is 2.72. The van der Waals surface area contributed by atoms with Gasteiger partial charge in [-0.25, -0.2) is 0 Å². The Morgan fingerprint density at radius 3 is 2.77 bits per heavy atom. The summed E-state index contributed by atoms with van der Waals surface area (Å²) in [6, 6.07) is 6.37. The summed E-state index contributed by atoms with van der Waals surface area (Å²) in [6.07, 6.45) is 1.75. The van der Waals surface area contributed by atoms with Gasteiger partial charge in [-0.05, 0) is 18.9 Å². The van der Waals surface area contributed by atoms with Crippen LogP contribution in [-0.4, -0.2) is 60.4 Å². The highest BCUT2D eigenvalue weighted by Crippen LogP contribution is 2.22. The van der Waals surface area contributed by atoms with Crippen LogP contribution in [0.2, 0.25) is 0 Å². The molecular weight excluding hydrogens is 344 g/mol. The molecule has 2 saturated heterocycles. The Balaban J connectivity index is 1.57. The second-order valence-corrected chi connectivity index (χ2v) is 6.60. The lowest BCUT2D eigenvalue weighted by Crippen LogP contribution is -2.45. The average molecular weight is 367 g/mol. The molecule has 8 heteroatoms. The minimum Gasteiger partial charge on any atom is -0.434 e. The third-order valence-electron chi connectivity index (χ3n) is 4.78. The first-order valence-corrected chi connectivity index (χ1v) is 8.86. The van der Waals surface area contributed by atoms with Gasteiger partial charge in [-0.3, -0.25) is 14.5 Å². The summed E-state index contributed by atoms with van der Waals surface area (Å²) < 4.78 is 29.7. The van der Waals surface area contributed by atoms with Gasteiger partial charge in [0.1, 0.15) is 11.8 Å². The maximum atomic E-state index is 12.5. The molecule has 0 aliphatic carbocycles. The van der Waals surface area contributed by atoms with Crippen molar-refractivity contribution in [1.82, 2.24) is 15.1 Å². The van der Waals surface area contributed by atoms with Crippen molar-refractivity contribution >= 4 is 11.8 Å². The fraction of sp³-hybridized carbons (Fsp3) is 0.556. The number of alkyl halides is 2. The topological polar surface area (TPSA) is 61.9 Å². The molecule has 2 aliphatic heterocycles. The Bertz CT molecular complexity index is 656. The molecule has 2 aliphatic rings. The minimum absolute atomic E-state index is 0.0286. The van der Waals surface area contributed by atoms with Gasteiger partial charge in [-0.2, -0.15) is 8.78 Å². The molecule has 0 radical (unpaired) electrons. The average Bonchev–Trinajstić information content (AvgIpc) is 2.91.